The average molecular weight is 421 g/mol. The van der Waals surface area contributed by atoms with Gasteiger partial charge < -0.3 is 19.9 Å². The Balaban J connectivity index is 1.55. The summed E-state index contributed by atoms with van der Waals surface area (Å²) in [5, 5.41) is 5.74. The molecule has 0 aliphatic carbocycles. The van der Waals surface area contributed by atoms with Crippen LogP contribution in [0.2, 0.25) is 0 Å². The van der Waals surface area contributed by atoms with Crippen LogP contribution >= 0.6 is 0 Å². The van der Waals surface area contributed by atoms with Gasteiger partial charge in [-0.25, -0.2) is 9.78 Å². The van der Waals surface area contributed by atoms with Crippen LogP contribution in [0.25, 0.3) is 11.3 Å². The molecule has 2 N–H and O–H groups in total. The van der Waals surface area contributed by atoms with E-state index in [1.165, 1.54) is 0 Å². The number of hydrogen-bond donors (Lipinski definition) is 2. The van der Waals surface area contributed by atoms with E-state index < -0.39 is 0 Å². The number of nitrogens with zero attached hydrogens (tertiary/aromatic N) is 2. The predicted molar refractivity (Wildman–Crippen MR) is 126 cm³/mol. The average Bonchev–Trinajstić information content (AvgIpc) is 3.06. The molecule has 2 amide bonds. The lowest BCUT2D eigenvalue weighted by atomic mass is 10.1. The maximum atomic E-state index is 12.1. The summed E-state index contributed by atoms with van der Waals surface area (Å²) in [6.45, 7) is 8.28. The van der Waals surface area contributed by atoms with Gasteiger partial charge >= 0.3 is 6.03 Å². The van der Waals surface area contributed by atoms with Gasteiger partial charge in [-0.3, -0.25) is 0 Å². The van der Waals surface area contributed by atoms with E-state index in [9.17, 15) is 4.79 Å². The fourth-order valence-electron chi connectivity index (χ4n) is 3.52. The lowest BCUT2D eigenvalue weighted by Gasteiger charge is -2.14. The quantitative estimate of drug-likeness (QED) is 0.422. The van der Waals surface area contributed by atoms with Gasteiger partial charge in [0.1, 0.15) is 11.6 Å². The van der Waals surface area contributed by atoms with Gasteiger partial charge in [-0.15, -0.1) is 0 Å². The summed E-state index contributed by atoms with van der Waals surface area (Å²) >= 11 is 0. The summed E-state index contributed by atoms with van der Waals surface area (Å²) < 4.78 is 8.21. The molecule has 6 heteroatoms. The van der Waals surface area contributed by atoms with Crippen LogP contribution in [0.4, 0.5) is 10.5 Å². The number of imidazole rings is 1. The highest BCUT2D eigenvalue weighted by molar-refractivity contribution is 5.90. The number of urea groups is 1. The molecule has 0 aliphatic heterocycles. The molecule has 3 aromatic rings. The van der Waals surface area contributed by atoms with Crippen LogP contribution in [0.15, 0.2) is 54.6 Å². The second-order valence-electron chi connectivity index (χ2n) is 7.54. The van der Waals surface area contributed by atoms with Gasteiger partial charge in [0.05, 0.1) is 18.0 Å². The number of amides is 2. The molecule has 1 aromatic heterocycles. The molecule has 2 aromatic carbocycles. The number of para-hydroxylation sites is 2. The third kappa shape index (κ3) is 6.10. The van der Waals surface area contributed by atoms with Gasteiger partial charge in [0.15, 0.2) is 0 Å². The minimum absolute atomic E-state index is 0.206. The van der Waals surface area contributed by atoms with E-state index in [-0.39, 0.29) is 6.03 Å². The van der Waals surface area contributed by atoms with Crippen molar-refractivity contribution in [3.05, 3.63) is 66.1 Å². The zero-order chi connectivity index (χ0) is 22.1. The summed E-state index contributed by atoms with van der Waals surface area (Å²) in [5.74, 6) is 1.68. The van der Waals surface area contributed by atoms with E-state index in [0.717, 1.165) is 48.6 Å². The molecule has 0 unspecified atom stereocenters. The lowest BCUT2D eigenvalue weighted by molar-refractivity contribution is 0.251. The number of aryl methyl sites for hydroxylation is 1. The number of hydrogen-bond acceptors (Lipinski definition) is 3. The summed E-state index contributed by atoms with van der Waals surface area (Å²) in [6.07, 6.45) is 2.84. The third-order valence-corrected chi connectivity index (χ3v) is 5.19. The number of ether oxygens (including phenoxy) is 1. The monoisotopic (exact) mass is 420 g/mol. The molecule has 3 rings (SSSR count). The van der Waals surface area contributed by atoms with Gasteiger partial charge in [0.25, 0.3) is 0 Å². The van der Waals surface area contributed by atoms with Crippen LogP contribution in [-0.4, -0.2) is 28.7 Å². The maximum Gasteiger partial charge on any atom is 0.319 e. The van der Waals surface area contributed by atoms with E-state index in [1.807, 2.05) is 49.4 Å². The van der Waals surface area contributed by atoms with E-state index in [1.54, 1.807) is 0 Å². The third-order valence-electron chi connectivity index (χ3n) is 5.19. The molecular weight excluding hydrogens is 388 g/mol. The summed E-state index contributed by atoms with van der Waals surface area (Å²) in [5.41, 5.74) is 4.00. The van der Waals surface area contributed by atoms with Gasteiger partial charge in [0, 0.05) is 24.3 Å². The highest BCUT2D eigenvalue weighted by atomic mass is 16.5. The van der Waals surface area contributed by atoms with Gasteiger partial charge in [-0.2, -0.15) is 0 Å². The smallest absolute Gasteiger partial charge is 0.319 e. The first-order valence-electron chi connectivity index (χ1n) is 11.0. The standard InChI is InChI=1S/C25H32N4O2/c1-4-5-16-26-25(30)28-22-14-9-10-15-23(22)31-18-11-17-29-19(2)24(27-20(29)3)21-12-7-6-8-13-21/h6-10,12-15H,4-5,11,16-18H2,1-3H3,(H2,26,28,30). The van der Waals surface area contributed by atoms with E-state index >= 15 is 0 Å². The number of carbonyl (C=O) groups is 1. The minimum atomic E-state index is -0.206. The van der Waals surface area contributed by atoms with Crippen molar-refractivity contribution in [1.29, 1.82) is 0 Å². The highest BCUT2D eigenvalue weighted by Gasteiger charge is 2.12. The Bertz CT molecular complexity index is 982. The van der Waals surface area contributed by atoms with Gasteiger partial charge in [-0.05, 0) is 38.8 Å². The van der Waals surface area contributed by atoms with Crippen molar-refractivity contribution in [2.45, 2.75) is 46.6 Å². The first kappa shape index (κ1) is 22.4. The fourth-order valence-corrected chi connectivity index (χ4v) is 3.52. The Hall–Kier alpha value is -3.28. The molecule has 0 saturated carbocycles. The lowest BCUT2D eigenvalue weighted by Crippen LogP contribution is -2.29. The summed E-state index contributed by atoms with van der Waals surface area (Å²) in [6, 6.07) is 17.6. The first-order chi connectivity index (χ1) is 15.1. The number of carbonyl (C=O) groups excluding carboxylic acids is 1. The predicted octanol–water partition coefficient (Wildman–Crippen LogP) is 5.56. The second kappa shape index (κ2) is 11.2. The molecule has 164 valence electrons. The van der Waals surface area contributed by atoms with Crippen molar-refractivity contribution >= 4 is 11.7 Å². The Morgan fingerprint density at radius 1 is 1.03 bits per heavy atom. The number of unbranched alkanes of at least 4 members (excludes halogenated alkanes) is 1. The van der Waals surface area contributed by atoms with Crippen molar-refractivity contribution in [2.75, 3.05) is 18.5 Å². The molecule has 0 spiro atoms. The van der Waals surface area contributed by atoms with Crippen LogP contribution in [0.3, 0.4) is 0 Å². The van der Waals surface area contributed by atoms with E-state index in [2.05, 4.69) is 41.2 Å². The zero-order valence-electron chi connectivity index (χ0n) is 18.6. The Kier molecular flexibility index (Phi) is 8.10. The normalized spacial score (nSPS) is 10.7. The van der Waals surface area contributed by atoms with Crippen molar-refractivity contribution in [1.82, 2.24) is 14.9 Å². The minimum Gasteiger partial charge on any atom is -0.491 e. The SMILES string of the molecule is CCCCNC(=O)Nc1ccccc1OCCCn1c(C)nc(-c2ccccc2)c1C. The number of rotatable bonds is 10. The highest BCUT2D eigenvalue weighted by Crippen LogP contribution is 2.25. The van der Waals surface area contributed by atoms with Gasteiger partial charge in [-0.1, -0.05) is 55.8 Å². The summed E-state index contributed by atoms with van der Waals surface area (Å²) in [4.78, 5) is 16.8. The van der Waals surface area contributed by atoms with Crippen LogP contribution in [-0.2, 0) is 6.54 Å². The molecule has 0 fully saturated rings. The van der Waals surface area contributed by atoms with Crippen LogP contribution in [0, 0.1) is 13.8 Å². The largest absolute Gasteiger partial charge is 0.491 e. The van der Waals surface area contributed by atoms with Crippen LogP contribution in [0.5, 0.6) is 5.75 Å². The topological polar surface area (TPSA) is 68.2 Å². The molecule has 31 heavy (non-hydrogen) atoms. The number of nitrogens with one attached hydrogen (secondary N) is 2. The van der Waals surface area contributed by atoms with Crippen molar-refractivity contribution < 1.29 is 9.53 Å². The van der Waals surface area contributed by atoms with Crippen LogP contribution in [0.1, 0.15) is 37.7 Å². The number of benzene rings is 2. The molecule has 0 atom stereocenters. The molecule has 0 aliphatic rings. The Morgan fingerprint density at radius 2 is 1.77 bits per heavy atom. The first-order valence-corrected chi connectivity index (χ1v) is 11.0. The van der Waals surface area contributed by atoms with Gasteiger partial charge in [0.2, 0.25) is 0 Å². The number of anilines is 1. The molecule has 6 nitrogen and oxygen atoms in total. The Morgan fingerprint density at radius 3 is 2.55 bits per heavy atom. The van der Waals surface area contributed by atoms with E-state index in [0.29, 0.717) is 24.6 Å². The Labute approximate surface area is 184 Å². The molecule has 1 heterocycles. The summed E-state index contributed by atoms with van der Waals surface area (Å²) in [7, 11) is 0. The molecule has 0 radical (unpaired) electrons. The number of aromatic nitrogens is 2. The van der Waals surface area contributed by atoms with Crippen molar-refractivity contribution in [3.63, 3.8) is 0 Å². The molecule has 0 bridgehead atoms. The van der Waals surface area contributed by atoms with Crippen molar-refractivity contribution in [2.24, 2.45) is 0 Å². The van der Waals surface area contributed by atoms with E-state index in [4.69, 9.17) is 9.72 Å². The van der Waals surface area contributed by atoms with Crippen LogP contribution < -0.4 is 15.4 Å². The second-order valence-corrected chi connectivity index (χ2v) is 7.54. The zero-order valence-corrected chi connectivity index (χ0v) is 18.6. The fraction of sp³-hybridized carbons (Fsp3) is 0.360. The maximum absolute atomic E-state index is 12.1. The van der Waals surface area contributed by atoms with Crippen molar-refractivity contribution in [3.8, 4) is 17.0 Å². The molecule has 0 saturated heterocycles. The molecular formula is C25H32N4O2.